The summed E-state index contributed by atoms with van der Waals surface area (Å²) < 4.78 is 16.8. The molecule has 1 atom stereocenters. The van der Waals surface area contributed by atoms with E-state index in [0.717, 1.165) is 0 Å². The second-order valence-electron chi connectivity index (χ2n) is 4.74. The molecule has 0 fully saturated rings. The van der Waals surface area contributed by atoms with Gasteiger partial charge >= 0.3 is 6.01 Å². The van der Waals surface area contributed by atoms with Crippen molar-refractivity contribution in [1.82, 2.24) is 10.2 Å². The Balaban J connectivity index is 1.47. The van der Waals surface area contributed by atoms with Crippen molar-refractivity contribution in [2.75, 3.05) is 11.9 Å². The van der Waals surface area contributed by atoms with E-state index in [1.165, 1.54) is 11.3 Å². The maximum atomic E-state index is 11.9. The summed E-state index contributed by atoms with van der Waals surface area (Å²) in [6.07, 6.45) is -0.509. The first-order valence-electron chi connectivity index (χ1n) is 6.86. The van der Waals surface area contributed by atoms with Crippen LogP contribution in [-0.4, -0.2) is 22.7 Å². The first-order chi connectivity index (χ1) is 11.3. The van der Waals surface area contributed by atoms with Gasteiger partial charge in [0.2, 0.25) is 6.10 Å². The van der Waals surface area contributed by atoms with E-state index in [-0.39, 0.29) is 24.4 Å². The molecule has 1 aliphatic heterocycles. The molecular weight excluding hydrogens is 318 g/mol. The van der Waals surface area contributed by atoms with Crippen molar-refractivity contribution in [2.45, 2.75) is 6.10 Å². The van der Waals surface area contributed by atoms with Crippen LogP contribution in [0.15, 0.2) is 46.2 Å². The van der Waals surface area contributed by atoms with Crippen LogP contribution in [0.25, 0.3) is 0 Å². The van der Waals surface area contributed by atoms with Crippen LogP contribution in [0.1, 0.15) is 21.7 Å². The fourth-order valence-electron chi connectivity index (χ4n) is 2.12. The topological polar surface area (TPSA) is 86.5 Å². The minimum Gasteiger partial charge on any atom is -0.485 e. The summed E-state index contributed by atoms with van der Waals surface area (Å²) in [5.74, 6) is 1.25. The zero-order valence-electron chi connectivity index (χ0n) is 11.8. The van der Waals surface area contributed by atoms with E-state index in [0.29, 0.717) is 16.4 Å². The number of hydrogen-bond donors (Lipinski definition) is 1. The molecule has 0 spiro atoms. The Morgan fingerprint density at radius 1 is 1.17 bits per heavy atom. The summed E-state index contributed by atoms with van der Waals surface area (Å²) in [4.78, 5) is 12.5. The molecule has 2 aromatic heterocycles. The Bertz CT molecular complexity index is 831. The number of fused-ring (bicyclic) bond motifs is 1. The molecule has 1 aromatic carbocycles. The van der Waals surface area contributed by atoms with Crippen LogP contribution < -0.4 is 14.8 Å². The van der Waals surface area contributed by atoms with E-state index in [2.05, 4.69) is 15.5 Å². The van der Waals surface area contributed by atoms with Gasteiger partial charge in [0.15, 0.2) is 11.5 Å². The van der Waals surface area contributed by atoms with Gasteiger partial charge in [-0.15, -0.1) is 16.4 Å². The zero-order chi connectivity index (χ0) is 15.6. The average Bonchev–Trinajstić information content (AvgIpc) is 3.26. The number of benzene rings is 1. The molecule has 23 heavy (non-hydrogen) atoms. The van der Waals surface area contributed by atoms with Gasteiger partial charge in [-0.25, -0.2) is 0 Å². The van der Waals surface area contributed by atoms with Gasteiger partial charge in [0.05, 0.1) is 4.88 Å². The smallest absolute Gasteiger partial charge is 0.322 e. The van der Waals surface area contributed by atoms with Gasteiger partial charge in [-0.1, -0.05) is 23.3 Å². The quantitative estimate of drug-likeness (QED) is 0.795. The van der Waals surface area contributed by atoms with Gasteiger partial charge in [-0.2, -0.15) is 0 Å². The lowest BCUT2D eigenvalue weighted by atomic mass is 10.2. The van der Waals surface area contributed by atoms with Gasteiger partial charge in [-0.3, -0.25) is 10.1 Å². The Hall–Kier alpha value is -2.87. The lowest BCUT2D eigenvalue weighted by Gasteiger charge is -2.23. The molecule has 7 nitrogen and oxygen atoms in total. The Morgan fingerprint density at radius 3 is 2.87 bits per heavy atom. The SMILES string of the molecule is O=C(Nc1nnc(C2COc3ccccc3O2)o1)c1cccs1. The second kappa shape index (κ2) is 5.73. The van der Waals surface area contributed by atoms with Crippen molar-refractivity contribution in [1.29, 1.82) is 0 Å². The number of aromatic nitrogens is 2. The van der Waals surface area contributed by atoms with Crippen LogP contribution >= 0.6 is 11.3 Å². The highest BCUT2D eigenvalue weighted by Gasteiger charge is 2.27. The number of carbonyl (C=O) groups is 1. The zero-order valence-corrected chi connectivity index (χ0v) is 12.6. The minimum absolute atomic E-state index is 0.0286. The number of thiophene rings is 1. The Morgan fingerprint density at radius 2 is 2.04 bits per heavy atom. The molecular formula is C15H11N3O4S. The minimum atomic E-state index is -0.509. The number of ether oxygens (including phenoxy) is 2. The van der Waals surface area contributed by atoms with Crippen molar-refractivity contribution in [3.8, 4) is 11.5 Å². The highest BCUT2D eigenvalue weighted by atomic mass is 32.1. The molecule has 0 bridgehead atoms. The molecule has 0 radical (unpaired) electrons. The largest absolute Gasteiger partial charge is 0.485 e. The third kappa shape index (κ3) is 2.76. The van der Waals surface area contributed by atoms with E-state index in [4.69, 9.17) is 13.9 Å². The summed E-state index contributed by atoms with van der Waals surface area (Å²) >= 11 is 1.33. The normalized spacial score (nSPS) is 16.1. The van der Waals surface area contributed by atoms with Crippen molar-refractivity contribution in [2.24, 2.45) is 0 Å². The number of nitrogens with one attached hydrogen (secondary N) is 1. The van der Waals surface area contributed by atoms with Gasteiger partial charge < -0.3 is 13.9 Å². The van der Waals surface area contributed by atoms with Gasteiger partial charge in [0.1, 0.15) is 6.61 Å². The molecule has 1 amide bonds. The first-order valence-corrected chi connectivity index (χ1v) is 7.74. The predicted molar refractivity (Wildman–Crippen MR) is 81.9 cm³/mol. The summed E-state index contributed by atoms with van der Waals surface area (Å²) in [7, 11) is 0. The third-order valence-electron chi connectivity index (χ3n) is 3.19. The summed E-state index contributed by atoms with van der Waals surface area (Å²) in [5, 5.41) is 12.1. The fourth-order valence-corrected chi connectivity index (χ4v) is 2.74. The maximum absolute atomic E-state index is 11.9. The van der Waals surface area contributed by atoms with Crippen LogP contribution in [0, 0.1) is 0 Å². The average molecular weight is 329 g/mol. The fraction of sp³-hybridized carbons (Fsp3) is 0.133. The molecule has 4 rings (SSSR count). The molecule has 1 aliphatic rings. The van der Waals surface area contributed by atoms with Crippen LogP contribution in [0.3, 0.4) is 0 Å². The second-order valence-corrected chi connectivity index (χ2v) is 5.69. The molecule has 1 N–H and O–H groups in total. The lowest BCUT2D eigenvalue weighted by Crippen LogP contribution is -2.21. The van der Waals surface area contributed by atoms with Gasteiger partial charge in [0.25, 0.3) is 11.8 Å². The predicted octanol–water partition coefficient (Wildman–Crippen LogP) is 2.90. The molecule has 0 saturated carbocycles. The van der Waals surface area contributed by atoms with E-state index in [1.54, 1.807) is 18.2 Å². The number of amides is 1. The van der Waals surface area contributed by atoms with Crippen LogP contribution in [-0.2, 0) is 0 Å². The van der Waals surface area contributed by atoms with Crippen molar-refractivity contribution in [3.05, 3.63) is 52.5 Å². The van der Waals surface area contributed by atoms with E-state index in [9.17, 15) is 4.79 Å². The molecule has 0 saturated heterocycles. The van der Waals surface area contributed by atoms with Crippen molar-refractivity contribution in [3.63, 3.8) is 0 Å². The first kappa shape index (κ1) is 13.8. The number of carbonyl (C=O) groups excluding carboxylic acids is 1. The third-order valence-corrected chi connectivity index (χ3v) is 4.06. The monoisotopic (exact) mass is 329 g/mol. The molecule has 0 aliphatic carbocycles. The Kier molecular flexibility index (Phi) is 3.43. The maximum Gasteiger partial charge on any atom is 0.322 e. The number of anilines is 1. The summed E-state index contributed by atoms with van der Waals surface area (Å²) in [6, 6.07) is 10.9. The lowest BCUT2D eigenvalue weighted by molar-refractivity contribution is 0.0716. The molecule has 3 aromatic rings. The summed E-state index contributed by atoms with van der Waals surface area (Å²) in [6.45, 7) is 0.261. The number of para-hydroxylation sites is 2. The van der Waals surface area contributed by atoms with E-state index >= 15 is 0 Å². The summed E-state index contributed by atoms with van der Waals surface area (Å²) in [5.41, 5.74) is 0. The molecule has 3 heterocycles. The highest BCUT2D eigenvalue weighted by Crippen LogP contribution is 2.35. The van der Waals surface area contributed by atoms with Crippen molar-refractivity contribution >= 4 is 23.3 Å². The highest BCUT2D eigenvalue weighted by molar-refractivity contribution is 7.12. The number of hydrogen-bond acceptors (Lipinski definition) is 7. The van der Waals surface area contributed by atoms with Gasteiger partial charge in [0, 0.05) is 0 Å². The van der Waals surface area contributed by atoms with Crippen LogP contribution in [0.2, 0.25) is 0 Å². The molecule has 116 valence electrons. The number of rotatable bonds is 3. The Labute approximate surface area is 134 Å². The van der Waals surface area contributed by atoms with E-state index < -0.39 is 6.10 Å². The van der Waals surface area contributed by atoms with Crippen molar-refractivity contribution < 1.29 is 18.7 Å². The van der Waals surface area contributed by atoms with Gasteiger partial charge in [-0.05, 0) is 23.6 Å². The van der Waals surface area contributed by atoms with E-state index in [1.807, 2.05) is 23.6 Å². The van der Waals surface area contributed by atoms with Crippen LogP contribution in [0.5, 0.6) is 11.5 Å². The number of nitrogens with zero attached hydrogens (tertiary/aromatic N) is 2. The molecule has 8 heteroatoms. The van der Waals surface area contributed by atoms with Crippen LogP contribution in [0.4, 0.5) is 6.01 Å². The molecule has 1 unspecified atom stereocenters. The standard InChI is InChI=1S/C15H11N3O4S/c19-13(12-6-3-7-23-12)16-15-18-17-14(22-15)11-8-20-9-4-1-2-5-10(9)21-11/h1-7,11H,8H2,(H,16,18,19).